The van der Waals surface area contributed by atoms with Crippen LogP contribution in [0.2, 0.25) is 0 Å². The van der Waals surface area contributed by atoms with E-state index in [-0.39, 0.29) is 22.9 Å². The fourth-order valence-electron chi connectivity index (χ4n) is 3.77. The highest BCUT2D eigenvalue weighted by atomic mass is 32.2. The second-order valence-electron chi connectivity index (χ2n) is 7.48. The predicted molar refractivity (Wildman–Crippen MR) is 104 cm³/mol. The number of likely N-dealkylation sites (N-methyl/N-ethyl adjacent to an activating group) is 1. The first-order chi connectivity index (χ1) is 12.9. The molecule has 0 unspecified atom stereocenters. The van der Waals surface area contributed by atoms with Gasteiger partial charge in [0.1, 0.15) is 0 Å². The molecule has 0 radical (unpaired) electrons. The third-order valence-electron chi connectivity index (χ3n) is 5.76. The highest BCUT2D eigenvalue weighted by Gasteiger charge is 2.32. The van der Waals surface area contributed by atoms with Crippen LogP contribution in [0.15, 0.2) is 53.4 Å². The summed E-state index contributed by atoms with van der Waals surface area (Å²) in [5.41, 5.74) is 2.81. The predicted octanol–water partition coefficient (Wildman–Crippen LogP) is 2.76. The summed E-state index contributed by atoms with van der Waals surface area (Å²) >= 11 is 0. The molecule has 0 heterocycles. The molecule has 1 N–H and O–H groups in total. The van der Waals surface area contributed by atoms with E-state index in [1.54, 1.807) is 25.2 Å². The molecule has 2 aliphatic carbocycles. The van der Waals surface area contributed by atoms with Crippen LogP contribution < -0.4 is 5.32 Å². The van der Waals surface area contributed by atoms with Crippen LogP contribution in [0, 0.1) is 0 Å². The number of nitrogens with zero attached hydrogens (tertiary/aromatic N) is 1. The van der Waals surface area contributed by atoms with E-state index in [1.807, 2.05) is 12.1 Å². The maximum Gasteiger partial charge on any atom is 0.251 e. The summed E-state index contributed by atoms with van der Waals surface area (Å²) in [6.07, 6.45) is 4.55. The van der Waals surface area contributed by atoms with Gasteiger partial charge in [-0.15, -0.1) is 0 Å². The van der Waals surface area contributed by atoms with Gasteiger partial charge in [-0.25, -0.2) is 8.42 Å². The number of amides is 1. The Labute approximate surface area is 160 Å². The number of hydrogen-bond acceptors (Lipinski definition) is 3. The summed E-state index contributed by atoms with van der Waals surface area (Å²) in [7, 11) is -2.03. The zero-order valence-corrected chi connectivity index (χ0v) is 16.2. The molecule has 1 fully saturated rings. The summed E-state index contributed by atoms with van der Waals surface area (Å²) < 4.78 is 27.7. The zero-order valence-electron chi connectivity index (χ0n) is 15.4. The van der Waals surface area contributed by atoms with Gasteiger partial charge in [-0.2, -0.15) is 4.31 Å². The monoisotopic (exact) mass is 384 g/mol. The Kier molecular flexibility index (Phi) is 4.78. The minimum atomic E-state index is -3.66. The Morgan fingerprint density at radius 1 is 1.04 bits per heavy atom. The van der Waals surface area contributed by atoms with Crippen molar-refractivity contribution in [3.8, 4) is 0 Å². The van der Waals surface area contributed by atoms with Gasteiger partial charge in [-0.05, 0) is 61.4 Å². The maximum atomic E-state index is 13.1. The van der Waals surface area contributed by atoms with Gasteiger partial charge in [-0.3, -0.25) is 4.79 Å². The lowest BCUT2D eigenvalue weighted by Gasteiger charge is -2.26. The van der Waals surface area contributed by atoms with E-state index < -0.39 is 10.0 Å². The average Bonchev–Trinajstić information content (AvgIpc) is 3.08. The van der Waals surface area contributed by atoms with Crippen molar-refractivity contribution in [2.75, 3.05) is 7.05 Å². The number of carbonyl (C=O) groups excluding carboxylic acids is 1. The van der Waals surface area contributed by atoms with E-state index in [9.17, 15) is 13.2 Å². The summed E-state index contributed by atoms with van der Waals surface area (Å²) in [5.74, 6) is -0.201. The molecule has 2 aromatic carbocycles. The molecule has 0 saturated heterocycles. The highest BCUT2D eigenvalue weighted by molar-refractivity contribution is 7.89. The van der Waals surface area contributed by atoms with Crippen LogP contribution in [0.25, 0.3) is 0 Å². The standard InChI is InChI=1S/C21H24N2O3S/c1-23(19-12-15-6-2-3-7-16(15)13-19)27(25,26)20-11-4-8-17(14-20)21(24)22-18-9-5-10-18/h2-4,6-8,11,14,18-19H,5,9-10,12-13H2,1H3,(H,22,24). The van der Waals surface area contributed by atoms with Crippen molar-refractivity contribution >= 4 is 15.9 Å². The van der Waals surface area contributed by atoms with Gasteiger partial charge < -0.3 is 5.32 Å². The van der Waals surface area contributed by atoms with Crippen molar-refractivity contribution in [1.29, 1.82) is 0 Å². The Hall–Kier alpha value is -2.18. The molecule has 1 amide bonds. The van der Waals surface area contributed by atoms with Crippen molar-refractivity contribution in [3.63, 3.8) is 0 Å². The van der Waals surface area contributed by atoms with Gasteiger partial charge in [-0.1, -0.05) is 30.3 Å². The minimum Gasteiger partial charge on any atom is -0.349 e. The third-order valence-corrected chi connectivity index (χ3v) is 7.66. The van der Waals surface area contributed by atoms with Gasteiger partial charge in [0.25, 0.3) is 5.91 Å². The number of rotatable bonds is 5. The van der Waals surface area contributed by atoms with Crippen molar-refractivity contribution in [1.82, 2.24) is 9.62 Å². The van der Waals surface area contributed by atoms with E-state index in [1.165, 1.54) is 21.5 Å². The highest BCUT2D eigenvalue weighted by Crippen LogP contribution is 2.28. The van der Waals surface area contributed by atoms with Crippen LogP contribution in [-0.4, -0.2) is 37.8 Å². The van der Waals surface area contributed by atoms with Gasteiger partial charge >= 0.3 is 0 Å². The van der Waals surface area contributed by atoms with Gasteiger partial charge in [0.15, 0.2) is 0 Å². The quantitative estimate of drug-likeness (QED) is 0.862. The van der Waals surface area contributed by atoms with Crippen molar-refractivity contribution in [2.24, 2.45) is 0 Å². The van der Waals surface area contributed by atoms with Crippen LogP contribution >= 0.6 is 0 Å². The molecule has 4 rings (SSSR count). The van der Waals surface area contributed by atoms with Crippen LogP contribution in [-0.2, 0) is 22.9 Å². The molecule has 0 spiro atoms. The molecule has 6 heteroatoms. The molecule has 0 bridgehead atoms. The van der Waals surface area contributed by atoms with Crippen molar-refractivity contribution in [2.45, 2.75) is 49.1 Å². The first kappa shape index (κ1) is 18.2. The Balaban J connectivity index is 1.53. The molecule has 5 nitrogen and oxygen atoms in total. The van der Waals surface area contributed by atoms with E-state index in [0.29, 0.717) is 18.4 Å². The lowest BCUT2D eigenvalue weighted by molar-refractivity contribution is 0.0916. The SMILES string of the molecule is CN(C1Cc2ccccc2C1)S(=O)(=O)c1cccc(C(=O)NC2CCC2)c1. The number of hydrogen-bond donors (Lipinski definition) is 1. The molecular weight excluding hydrogens is 360 g/mol. The van der Waals surface area contributed by atoms with Crippen LogP contribution in [0.3, 0.4) is 0 Å². The zero-order chi connectivity index (χ0) is 19.0. The van der Waals surface area contributed by atoms with E-state index >= 15 is 0 Å². The molecule has 142 valence electrons. The summed E-state index contributed by atoms with van der Waals surface area (Å²) in [6.45, 7) is 0. The minimum absolute atomic E-state index is 0.0974. The molecule has 0 atom stereocenters. The normalized spacial score (nSPS) is 17.6. The van der Waals surface area contributed by atoms with E-state index in [2.05, 4.69) is 17.4 Å². The fraction of sp³-hybridized carbons (Fsp3) is 0.381. The Morgan fingerprint density at radius 2 is 1.70 bits per heavy atom. The average molecular weight is 385 g/mol. The molecule has 27 heavy (non-hydrogen) atoms. The lowest BCUT2D eigenvalue weighted by Crippen LogP contribution is -2.40. The van der Waals surface area contributed by atoms with Gasteiger partial charge in [0.05, 0.1) is 4.90 Å². The first-order valence-electron chi connectivity index (χ1n) is 9.41. The second-order valence-corrected chi connectivity index (χ2v) is 9.48. The molecular formula is C21H24N2O3S. The number of nitrogens with one attached hydrogen (secondary N) is 1. The molecule has 1 saturated carbocycles. The topological polar surface area (TPSA) is 66.5 Å². The van der Waals surface area contributed by atoms with Crippen LogP contribution in [0.1, 0.15) is 40.7 Å². The number of fused-ring (bicyclic) bond motifs is 1. The molecule has 2 aromatic rings. The molecule has 0 aliphatic heterocycles. The van der Waals surface area contributed by atoms with Crippen LogP contribution in [0.4, 0.5) is 0 Å². The largest absolute Gasteiger partial charge is 0.349 e. The van der Waals surface area contributed by atoms with Crippen LogP contribution in [0.5, 0.6) is 0 Å². The molecule has 2 aliphatic rings. The number of sulfonamides is 1. The van der Waals surface area contributed by atoms with E-state index in [4.69, 9.17) is 0 Å². The number of carbonyl (C=O) groups is 1. The molecule has 0 aromatic heterocycles. The van der Waals surface area contributed by atoms with E-state index in [0.717, 1.165) is 19.3 Å². The fourth-order valence-corrected chi connectivity index (χ4v) is 5.17. The summed E-state index contributed by atoms with van der Waals surface area (Å²) in [4.78, 5) is 12.6. The van der Waals surface area contributed by atoms with Gasteiger partial charge in [0.2, 0.25) is 10.0 Å². The first-order valence-corrected chi connectivity index (χ1v) is 10.8. The lowest BCUT2D eigenvalue weighted by atomic mass is 9.93. The summed E-state index contributed by atoms with van der Waals surface area (Å²) in [6, 6.07) is 14.6. The van der Waals surface area contributed by atoms with Crippen molar-refractivity contribution < 1.29 is 13.2 Å². The Morgan fingerprint density at radius 3 is 2.30 bits per heavy atom. The van der Waals surface area contributed by atoms with Gasteiger partial charge in [0, 0.05) is 24.7 Å². The van der Waals surface area contributed by atoms with Crippen molar-refractivity contribution in [3.05, 3.63) is 65.2 Å². The maximum absolute atomic E-state index is 13.1. The summed E-state index contributed by atoms with van der Waals surface area (Å²) in [5, 5.41) is 2.96. The Bertz CT molecular complexity index is 942. The number of benzene rings is 2. The third kappa shape index (κ3) is 3.51. The second kappa shape index (κ2) is 7.09. The smallest absolute Gasteiger partial charge is 0.251 e.